The maximum atomic E-state index is 12.2. The molecular weight excluding hydrogens is 320 g/mol. The molecule has 134 valence electrons. The van der Waals surface area contributed by atoms with Gasteiger partial charge in [0, 0.05) is 13.1 Å². The summed E-state index contributed by atoms with van der Waals surface area (Å²) in [4.78, 5) is 25.6. The second-order valence-corrected chi connectivity index (χ2v) is 6.48. The molecule has 0 radical (unpaired) electrons. The number of benzene rings is 1. The summed E-state index contributed by atoms with van der Waals surface area (Å²) in [5.74, 6) is 0.199. The summed E-state index contributed by atoms with van der Waals surface area (Å²) in [6, 6.07) is 8.84. The van der Waals surface area contributed by atoms with Gasteiger partial charge in [0.15, 0.2) is 13.2 Å². The SMILES string of the molecule is CC1CCC(N(C)C(=O)COC(=O)COc2ccccc2C#N)CC1. The standard InChI is InChI=1S/C19H24N2O4/c1-14-7-9-16(10-8-14)21(2)18(22)12-25-19(23)13-24-17-6-4-3-5-15(17)11-20/h3-6,14,16H,7-10,12-13H2,1-2H3. The van der Waals surface area contributed by atoms with Gasteiger partial charge in [0.1, 0.15) is 11.8 Å². The van der Waals surface area contributed by atoms with Crippen LogP contribution in [0.15, 0.2) is 24.3 Å². The molecule has 1 fully saturated rings. The second-order valence-electron chi connectivity index (χ2n) is 6.48. The average molecular weight is 344 g/mol. The Bertz CT molecular complexity index is 645. The van der Waals surface area contributed by atoms with E-state index >= 15 is 0 Å². The fourth-order valence-corrected chi connectivity index (χ4v) is 2.94. The minimum atomic E-state index is -0.633. The van der Waals surface area contributed by atoms with Gasteiger partial charge in [-0.15, -0.1) is 0 Å². The molecule has 0 spiro atoms. The third kappa shape index (κ3) is 5.49. The van der Waals surface area contributed by atoms with Crippen LogP contribution in [-0.4, -0.2) is 43.1 Å². The number of esters is 1. The molecule has 1 aromatic rings. The molecule has 2 rings (SSSR count). The Morgan fingerprint density at radius 2 is 1.88 bits per heavy atom. The molecule has 0 N–H and O–H groups in total. The Morgan fingerprint density at radius 1 is 1.20 bits per heavy atom. The number of carbonyl (C=O) groups excluding carboxylic acids is 2. The van der Waals surface area contributed by atoms with Crippen molar-refractivity contribution in [1.29, 1.82) is 5.26 Å². The number of hydrogen-bond donors (Lipinski definition) is 0. The van der Waals surface area contributed by atoms with E-state index in [0.717, 1.165) is 25.7 Å². The van der Waals surface area contributed by atoms with Crippen LogP contribution in [0.4, 0.5) is 0 Å². The van der Waals surface area contributed by atoms with Gasteiger partial charge in [-0.05, 0) is 43.7 Å². The highest BCUT2D eigenvalue weighted by molar-refractivity contribution is 5.81. The first-order chi connectivity index (χ1) is 12.0. The number of hydrogen-bond acceptors (Lipinski definition) is 5. The number of nitriles is 1. The van der Waals surface area contributed by atoms with E-state index in [2.05, 4.69) is 6.92 Å². The lowest BCUT2D eigenvalue weighted by atomic mass is 9.87. The minimum Gasteiger partial charge on any atom is -0.481 e. The molecule has 1 aliphatic rings. The quantitative estimate of drug-likeness (QED) is 0.741. The van der Waals surface area contributed by atoms with Crippen LogP contribution < -0.4 is 4.74 Å². The molecule has 1 aromatic carbocycles. The van der Waals surface area contributed by atoms with Gasteiger partial charge in [-0.3, -0.25) is 4.79 Å². The molecule has 1 saturated carbocycles. The zero-order chi connectivity index (χ0) is 18.2. The molecule has 0 atom stereocenters. The third-order valence-electron chi connectivity index (χ3n) is 4.64. The predicted octanol–water partition coefficient (Wildman–Crippen LogP) is 2.52. The zero-order valence-electron chi connectivity index (χ0n) is 14.7. The van der Waals surface area contributed by atoms with Gasteiger partial charge in [0.2, 0.25) is 0 Å². The second kappa shape index (κ2) is 9.07. The number of ether oxygens (including phenoxy) is 2. The first kappa shape index (κ1) is 18.8. The number of para-hydroxylation sites is 1. The van der Waals surface area contributed by atoms with E-state index in [1.807, 2.05) is 6.07 Å². The van der Waals surface area contributed by atoms with Crippen LogP contribution in [0, 0.1) is 17.2 Å². The molecule has 25 heavy (non-hydrogen) atoms. The van der Waals surface area contributed by atoms with E-state index in [0.29, 0.717) is 17.2 Å². The molecule has 6 heteroatoms. The summed E-state index contributed by atoms with van der Waals surface area (Å²) >= 11 is 0. The molecule has 6 nitrogen and oxygen atoms in total. The van der Waals surface area contributed by atoms with Crippen LogP contribution in [0.25, 0.3) is 0 Å². The summed E-state index contributed by atoms with van der Waals surface area (Å²) in [5, 5.41) is 8.96. The predicted molar refractivity (Wildman–Crippen MR) is 91.8 cm³/mol. The van der Waals surface area contributed by atoms with Crippen molar-refractivity contribution < 1.29 is 19.1 Å². The molecule has 0 heterocycles. The molecule has 0 saturated heterocycles. The Morgan fingerprint density at radius 3 is 2.56 bits per heavy atom. The Kier molecular flexibility index (Phi) is 6.81. The van der Waals surface area contributed by atoms with Crippen LogP contribution in [0.1, 0.15) is 38.2 Å². The van der Waals surface area contributed by atoms with Crippen molar-refractivity contribution in [2.24, 2.45) is 5.92 Å². The topological polar surface area (TPSA) is 79.6 Å². The largest absolute Gasteiger partial charge is 0.481 e. The first-order valence-electron chi connectivity index (χ1n) is 8.54. The molecule has 0 unspecified atom stereocenters. The monoisotopic (exact) mass is 344 g/mol. The third-order valence-corrected chi connectivity index (χ3v) is 4.64. The van der Waals surface area contributed by atoms with Gasteiger partial charge in [0.05, 0.1) is 5.56 Å². The zero-order valence-corrected chi connectivity index (χ0v) is 14.7. The summed E-state index contributed by atoms with van der Waals surface area (Å²) in [6.07, 6.45) is 4.22. The number of nitrogens with zero attached hydrogens (tertiary/aromatic N) is 2. The number of carbonyl (C=O) groups is 2. The van der Waals surface area contributed by atoms with E-state index in [-0.39, 0.29) is 25.2 Å². The summed E-state index contributed by atoms with van der Waals surface area (Å²) in [7, 11) is 1.76. The lowest BCUT2D eigenvalue weighted by molar-refractivity contribution is -0.154. The van der Waals surface area contributed by atoms with Crippen molar-refractivity contribution >= 4 is 11.9 Å². The Hall–Kier alpha value is -2.55. The Balaban J connectivity index is 1.74. The normalized spacial score (nSPS) is 19.6. The van der Waals surface area contributed by atoms with E-state index in [1.54, 1.807) is 36.2 Å². The van der Waals surface area contributed by atoms with Crippen molar-refractivity contribution in [2.45, 2.75) is 38.6 Å². The van der Waals surface area contributed by atoms with Crippen molar-refractivity contribution in [3.63, 3.8) is 0 Å². The molecular formula is C19H24N2O4. The van der Waals surface area contributed by atoms with E-state index in [4.69, 9.17) is 14.7 Å². The maximum Gasteiger partial charge on any atom is 0.344 e. The van der Waals surface area contributed by atoms with Crippen molar-refractivity contribution in [3.05, 3.63) is 29.8 Å². The summed E-state index contributed by atoms with van der Waals surface area (Å²) < 4.78 is 10.3. The van der Waals surface area contributed by atoms with Crippen LogP contribution in [0.3, 0.4) is 0 Å². The average Bonchev–Trinajstić information content (AvgIpc) is 2.64. The lowest BCUT2D eigenvalue weighted by Crippen LogP contribution is -2.41. The van der Waals surface area contributed by atoms with E-state index in [9.17, 15) is 9.59 Å². The van der Waals surface area contributed by atoms with Gasteiger partial charge in [-0.1, -0.05) is 19.1 Å². The number of rotatable bonds is 6. The first-order valence-corrected chi connectivity index (χ1v) is 8.54. The van der Waals surface area contributed by atoms with Crippen molar-refractivity contribution in [2.75, 3.05) is 20.3 Å². The van der Waals surface area contributed by atoms with Crippen molar-refractivity contribution in [1.82, 2.24) is 4.90 Å². The number of amides is 1. The van der Waals surface area contributed by atoms with Crippen LogP contribution in [0.2, 0.25) is 0 Å². The highest BCUT2D eigenvalue weighted by Gasteiger charge is 2.25. The van der Waals surface area contributed by atoms with Crippen LogP contribution in [0.5, 0.6) is 5.75 Å². The van der Waals surface area contributed by atoms with Crippen molar-refractivity contribution in [3.8, 4) is 11.8 Å². The van der Waals surface area contributed by atoms with Gasteiger partial charge >= 0.3 is 5.97 Å². The lowest BCUT2D eigenvalue weighted by Gasteiger charge is -2.33. The van der Waals surface area contributed by atoms with Crippen LogP contribution in [-0.2, 0) is 14.3 Å². The van der Waals surface area contributed by atoms with E-state index in [1.165, 1.54) is 0 Å². The Labute approximate surface area is 148 Å². The highest BCUT2D eigenvalue weighted by Crippen LogP contribution is 2.26. The molecule has 0 aliphatic heterocycles. The molecule has 1 amide bonds. The number of likely N-dealkylation sites (N-methyl/N-ethyl adjacent to an activating group) is 1. The fraction of sp³-hybridized carbons (Fsp3) is 0.526. The van der Waals surface area contributed by atoms with Gasteiger partial charge in [0.25, 0.3) is 5.91 Å². The molecule has 0 bridgehead atoms. The van der Waals surface area contributed by atoms with E-state index < -0.39 is 5.97 Å². The summed E-state index contributed by atoms with van der Waals surface area (Å²) in [5.41, 5.74) is 0.345. The maximum absolute atomic E-state index is 12.2. The summed E-state index contributed by atoms with van der Waals surface area (Å²) in [6.45, 7) is 1.60. The highest BCUT2D eigenvalue weighted by atomic mass is 16.6. The minimum absolute atomic E-state index is 0.203. The van der Waals surface area contributed by atoms with Gasteiger partial charge in [-0.2, -0.15) is 5.26 Å². The van der Waals surface area contributed by atoms with Crippen LogP contribution >= 0.6 is 0 Å². The smallest absolute Gasteiger partial charge is 0.344 e. The van der Waals surface area contributed by atoms with Gasteiger partial charge < -0.3 is 14.4 Å². The molecule has 0 aromatic heterocycles. The fourth-order valence-electron chi connectivity index (χ4n) is 2.94. The molecule has 1 aliphatic carbocycles. The van der Waals surface area contributed by atoms with Gasteiger partial charge in [-0.25, -0.2) is 4.79 Å².